The Morgan fingerprint density at radius 2 is 2.06 bits per heavy atom. The second-order valence-corrected chi connectivity index (χ2v) is 5.99. The van der Waals surface area contributed by atoms with E-state index < -0.39 is 0 Å². The molecule has 0 aliphatic rings. The van der Waals surface area contributed by atoms with Gasteiger partial charge in [0.2, 0.25) is 0 Å². The van der Waals surface area contributed by atoms with Crippen LogP contribution in [0, 0.1) is 6.92 Å². The summed E-state index contributed by atoms with van der Waals surface area (Å²) in [6.07, 6.45) is 2.42. The fourth-order valence-electron chi connectivity index (χ4n) is 1.93. The highest BCUT2D eigenvalue weighted by molar-refractivity contribution is 7.09. The van der Waals surface area contributed by atoms with E-state index in [1.807, 2.05) is 5.51 Å². The van der Waals surface area contributed by atoms with Gasteiger partial charge in [-0.2, -0.15) is 0 Å². The lowest BCUT2D eigenvalue weighted by Gasteiger charge is -2.26. The third-order valence-corrected chi connectivity index (χ3v) is 4.60. The van der Waals surface area contributed by atoms with E-state index in [1.54, 1.807) is 11.3 Å². The van der Waals surface area contributed by atoms with Crippen LogP contribution < -0.4 is 5.32 Å². The topological polar surface area (TPSA) is 28.2 Å². The molecule has 0 amide bonds. The highest BCUT2D eigenvalue weighted by Gasteiger charge is 2.13. The Hall–Kier alpha value is -0.450. The maximum Gasteiger partial charge on any atom is 0.0798 e. The molecule has 1 N–H and O–H groups in total. The van der Waals surface area contributed by atoms with Crippen LogP contribution in [0.5, 0.6) is 0 Å². The third-order valence-electron chi connectivity index (χ3n) is 3.68. The first-order valence-corrected chi connectivity index (χ1v) is 7.79. The van der Waals surface area contributed by atoms with Crippen molar-refractivity contribution in [1.82, 2.24) is 15.2 Å². The Kier molecular flexibility index (Phi) is 6.82. The van der Waals surface area contributed by atoms with Gasteiger partial charge in [-0.1, -0.05) is 13.8 Å². The van der Waals surface area contributed by atoms with Crippen LogP contribution >= 0.6 is 11.3 Å². The number of aromatic nitrogens is 1. The van der Waals surface area contributed by atoms with Crippen LogP contribution in [0.2, 0.25) is 0 Å². The smallest absolute Gasteiger partial charge is 0.0798 e. The summed E-state index contributed by atoms with van der Waals surface area (Å²) in [6, 6.07) is 1.21. The van der Waals surface area contributed by atoms with Gasteiger partial charge in [0.25, 0.3) is 0 Å². The number of hydrogen-bond donors (Lipinski definition) is 1. The minimum Gasteiger partial charge on any atom is -0.312 e. The maximum absolute atomic E-state index is 4.31. The molecule has 1 heterocycles. The number of hydrogen-bond acceptors (Lipinski definition) is 4. The van der Waals surface area contributed by atoms with Crippen molar-refractivity contribution < 1.29 is 0 Å². The number of aryl methyl sites for hydroxylation is 1. The van der Waals surface area contributed by atoms with Gasteiger partial charge in [0, 0.05) is 30.1 Å². The standard InChI is InChI=1S/C14H27N3S/c1-6-13(7-2)15-8-11(3)17(5)9-14-12(4)16-10-18-14/h10-11,13,15H,6-9H2,1-5H3. The van der Waals surface area contributed by atoms with Gasteiger partial charge in [0.1, 0.15) is 0 Å². The van der Waals surface area contributed by atoms with Crippen molar-refractivity contribution in [3.8, 4) is 0 Å². The molecule has 0 aliphatic heterocycles. The van der Waals surface area contributed by atoms with E-state index in [4.69, 9.17) is 0 Å². The SMILES string of the molecule is CCC(CC)NCC(C)N(C)Cc1scnc1C. The van der Waals surface area contributed by atoms with Gasteiger partial charge in [0.15, 0.2) is 0 Å². The van der Waals surface area contributed by atoms with Crippen molar-refractivity contribution in [3.63, 3.8) is 0 Å². The molecule has 1 unspecified atom stereocenters. The largest absolute Gasteiger partial charge is 0.312 e. The van der Waals surface area contributed by atoms with Gasteiger partial charge < -0.3 is 5.32 Å². The van der Waals surface area contributed by atoms with E-state index in [9.17, 15) is 0 Å². The highest BCUT2D eigenvalue weighted by atomic mass is 32.1. The normalized spacial score (nSPS) is 13.5. The van der Waals surface area contributed by atoms with Crippen LogP contribution in [-0.2, 0) is 6.54 Å². The number of rotatable bonds is 8. The first-order valence-electron chi connectivity index (χ1n) is 6.91. The zero-order valence-corrected chi connectivity index (χ0v) is 13.2. The van der Waals surface area contributed by atoms with E-state index in [1.165, 1.54) is 23.4 Å². The van der Waals surface area contributed by atoms with Crippen molar-refractivity contribution in [3.05, 3.63) is 16.1 Å². The summed E-state index contributed by atoms with van der Waals surface area (Å²) in [5.74, 6) is 0. The number of likely N-dealkylation sites (N-methyl/N-ethyl adjacent to an activating group) is 1. The number of thiazole rings is 1. The van der Waals surface area contributed by atoms with Gasteiger partial charge in [-0.25, -0.2) is 4.98 Å². The van der Waals surface area contributed by atoms with E-state index >= 15 is 0 Å². The molecule has 1 aromatic rings. The molecule has 18 heavy (non-hydrogen) atoms. The number of nitrogens with one attached hydrogen (secondary N) is 1. The summed E-state index contributed by atoms with van der Waals surface area (Å²) >= 11 is 1.76. The molecule has 0 spiro atoms. The Balaban J connectivity index is 2.37. The minimum absolute atomic E-state index is 0.548. The van der Waals surface area contributed by atoms with Crippen LogP contribution in [0.4, 0.5) is 0 Å². The molecule has 1 rings (SSSR count). The Bertz CT molecular complexity index is 334. The molecule has 0 radical (unpaired) electrons. The quantitative estimate of drug-likeness (QED) is 0.786. The summed E-state index contributed by atoms with van der Waals surface area (Å²) in [6.45, 7) is 10.9. The highest BCUT2D eigenvalue weighted by Crippen LogP contribution is 2.15. The van der Waals surface area contributed by atoms with E-state index in [0.717, 1.165) is 13.1 Å². The zero-order chi connectivity index (χ0) is 13.5. The fraction of sp³-hybridized carbons (Fsp3) is 0.786. The van der Waals surface area contributed by atoms with E-state index in [2.05, 4.69) is 49.9 Å². The molecule has 0 fully saturated rings. The molecule has 0 saturated carbocycles. The lowest BCUT2D eigenvalue weighted by molar-refractivity contribution is 0.237. The van der Waals surface area contributed by atoms with Gasteiger partial charge in [-0.05, 0) is 33.7 Å². The Labute approximate surface area is 116 Å². The molecule has 104 valence electrons. The fourth-order valence-corrected chi connectivity index (χ4v) is 2.77. The summed E-state index contributed by atoms with van der Waals surface area (Å²) in [5, 5.41) is 3.64. The molecular weight excluding hydrogens is 242 g/mol. The monoisotopic (exact) mass is 269 g/mol. The molecule has 1 atom stereocenters. The molecule has 1 aromatic heterocycles. The summed E-state index contributed by atoms with van der Waals surface area (Å²) < 4.78 is 0. The van der Waals surface area contributed by atoms with Gasteiger partial charge >= 0.3 is 0 Å². The van der Waals surface area contributed by atoms with Crippen molar-refractivity contribution >= 4 is 11.3 Å². The third kappa shape index (κ3) is 4.67. The summed E-state index contributed by atoms with van der Waals surface area (Å²) in [4.78, 5) is 8.09. The summed E-state index contributed by atoms with van der Waals surface area (Å²) in [7, 11) is 2.19. The van der Waals surface area contributed by atoms with Gasteiger partial charge in [-0.15, -0.1) is 11.3 Å². The van der Waals surface area contributed by atoms with Crippen molar-refractivity contribution in [2.24, 2.45) is 0 Å². The van der Waals surface area contributed by atoms with Crippen LogP contribution in [-0.4, -0.2) is 35.6 Å². The van der Waals surface area contributed by atoms with Crippen LogP contribution in [0.1, 0.15) is 44.2 Å². The first kappa shape index (κ1) is 15.6. The average molecular weight is 269 g/mol. The zero-order valence-electron chi connectivity index (χ0n) is 12.4. The first-order chi connectivity index (χ1) is 8.58. The predicted molar refractivity (Wildman–Crippen MR) is 80.2 cm³/mol. The molecular formula is C14H27N3S. The van der Waals surface area contributed by atoms with Crippen LogP contribution in [0.3, 0.4) is 0 Å². The van der Waals surface area contributed by atoms with E-state index in [0.29, 0.717) is 12.1 Å². The van der Waals surface area contributed by atoms with Gasteiger partial charge in [0.05, 0.1) is 11.2 Å². The Morgan fingerprint density at radius 3 is 2.56 bits per heavy atom. The lowest BCUT2D eigenvalue weighted by atomic mass is 10.1. The predicted octanol–water partition coefficient (Wildman–Crippen LogP) is 3.05. The molecule has 0 bridgehead atoms. The molecule has 0 aliphatic carbocycles. The average Bonchev–Trinajstić information content (AvgIpc) is 2.76. The van der Waals surface area contributed by atoms with Crippen molar-refractivity contribution in [2.75, 3.05) is 13.6 Å². The molecule has 0 aromatic carbocycles. The molecule has 0 saturated heterocycles. The van der Waals surface area contributed by atoms with Crippen LogP contribution in [0.25, 0.3) is 0 Å². The lowest BCUT2D eigenvalue weighted by Crippen LogP contribution is -2.41. The molecule has 4 heteroatoms. The second kappa shape index (κ2) is 7.87. The van der Waals surface area contributed by atoms with Crippen molar-refractivity contribution in [1.29, 1.82) is 0 Å². The maximum atomic E-state index is 4.31. The number of nitrogens with zero attached hydrogens (tertiary/aromatic N) is 2. The minimum atomic E-state index is 0.548. The van der Waals surface area contributed by atoms with E-state index in [-0.39, 0.29) is 0 Å². The second-order valence-electron chi connectivity index (χ2n) is 5.05. The molecule has 3 nitrogen and oxygen atoms in total. The Morgan fingerprint density at radius 1 is 1.39 bits per heavy atom. The van der Waals surface area contributed by atoms with Crippen LogP contribution in [0.15, 0.2) is 5.51 Å². The van der Waals surface area contributed by atoms with Gasteiger partial charge in [-0.3, -0.25) is 4.90 Å². The summed E-state index contributed by atoms with van der Waals surface area (Å²) in [5.41, 5.74) is 3.11. The van der Waals surface area contributed by atoms with Crippen molar-refractivity contribution in [2.45, 2.75) is 59.2 Å².